The zero-order valence-electron chi connectivity index (χ0n) is 11.2. The number of carboxylic acid groups (broad SMARTS) is 1. The normalized spacial score (nSPS) is 10.2. The number of benzene rings is 1. The van der Waals surface area contributed by atoms with Crippen LogP contribution in [0.1, 0.15) is 12.1 Å². The van der Waals surface area contributed by atoms with Gasteiger partial charge in [-0.25, -0.2) is 4.79 Å². The first-order valence-corrected chi connectivity index (χ1v) is 7.64. The van der Waals surface area contributed by atoms with Crippen LogP contribution in [0.4, 0.5) is 4.79 Å². The molecular weight excluding hydrogens is 347 g/mol. The lowest BCUT2D eigenvalue weighted by atomic mass is 10.1. The third-order valence-corrected chi connectivity index (χ3v) is 4.06. The molecule has 2 aromatic rings. The molecular formula is C13H10Cl2N4O2S. The third kappa shape index (κ3) is 3.65. The molecule has 0 aliphatic rings. The molecule has 0 saturated carbocycles. The highest BCUT2D eigenvalue weighted by Crippen LogP contribution is 2.35. The molecule has 6 nitrogen and oxygen atoms in total. The summed E-state index contributed by atoms with van der Waals surface area (Å²) in [5.41, 5.74) is 1.45. The van der Waals surface area contributed by atoms with E-state index in [4.69, 9.17) is 28.5 Å². The van der Waals surface area contributed by atoms with Gasteiger partial charge in [0.2, 0.25) is 0 Å². The molecule has 0 atom stereocenters. The van der Waals surface area contributed by atoms with E-state index in [9.17, 15) is 9.90 Å². The summed E-state index contributed by atoms with van der Waals surface area (Å²) in [4.78, 5) is 12.3. The number of rotatable bonds is 5. The average molecular weight is 357 g/mol. The Balaban J connectivity index is 2.34. The average Bonchev–Trinajstić information content (AvgIpc) is 2.91. The second kappa shape index (κ2) is 7.40. The molecule has 0 unspecified atom stereocenters. The van der Waals surface area contributed by atoms with Gasteiger partial charge in [0.05, 0.1) is 40.8 Å². The molecule has 22 heavy (non-hydrogen) atoms. The summed E-state index contributed by atoms with van der Waals surface area (Å²) in [5, 5.41) is 18.6. The Morgan fingerprint density at radius 2 is 2.05 bits per heavy atom. The minimum atomic E-state index is -1.13. The molecule has 1 N–H and O–H groups in total. The predicted molar refractivity (Wildman–Crippen MR) is 84.0 cm³/mol. The van der Waals surface area contributed by atoms with E-state index in [1.807, 2.05) is 6.07 Å². The van der Waals surface area contributed by atoms with E-state index in [0.29, 0.717) is 27.0 Å². The first kappa shape index (κ1) is 16.5. The van der Waals surface area contributed by atoms with Gasteiger partial charge in [0, 0.05) is 12.1 Å². The van der Waals surface area contributed by atoms with Gasteiger partial charge in [-0.15, -0.1) is 0 Å². The molecule has 0 bridgehead atoms. The highest BCUT2D eigenvalue weighted by atomic mass is 35.5. The van der Waals surface area contributed by atoms with Crippen molar-refractivity contribution in [2.45, 2.75) is 13.0 Å². The molecule has 0 aliphatic carbocycles. The zero-order valence-corrected chi connectivity index (χ0v) is 13.5. The van der Waals surface area contributed by atoms with Gasteiger partial charge in [0.15, 0.2) is 0 Å². The number of nitriles is 1. The van der Waals surface area contributed by atoms with Crippen LogP contribution >= 0.6 is 34.9 Å². The van der Waals surface area contributed by atoms with Crippen molar-refractivity contribution in [2.24, 2.45) is 0 Å². The number of halogens is 2. The van der Waals surface area contributed by atoms with Crippen molar-refractivity contribution in [3.05, 3.63) is 33.9 Å². The van der Waals surface area contributed by atoms with Crippen molar-refractivity contribution in [3.63, 3.8) is 0 Å². The summed E-state index contributed by atoms with van der Waals surface area (Å²) < 4.78 is 8.31. The fourth-order valence-corrected chi connectivity index (χ4v) is 2.97. The van der Waals surface area contributed by atoms with Crippen molar-refractivity contribution in [3.8, 4) is 17.3 Å². The van der Waals surface area contributed by atoms with E-state index >= 15 is 0 Å². The number of hydrogen-bond acceptors (Lipinski definition) is 5. The Labute approximate surface area is 140 Å². The molecule has 1 amide bonds. The molecule has 1 heterocycles. The van der Waals surface area contributed by atoms with Crippen LogP contribution in [-0.4, -0.2) is 31.4 Å². The van der Waals surface area contributed by atoms with Crippen LogP contribution in [0.5, 0.6) is 0 Å². The quantitative estimate of drug-likeness (QED) is 0.876. The summed E-state index contributed by atoms with van der Waals surface area (Å²) in [5.74, 6) is 0. The van der Waals surface area contributed by atoms with Crippen LogP contribution in [-0.2, 0) is 6.54 Å². The third-order valence-electron chi connectivity index (χ3n) is 2.86. The lowest BCUT2D eigenvalue weighted by molar-refractivity contribution is 0.143. The van der Waals surface area contributed by atoms with E-state index < -0.39 is 6.09 Å². The minimum absolute atomic E-state index is 0.0183. The Kier molecular flexibility index (Phi) is 5.55. The largest absolute Gasteiger partial charge is 0.465 e. The molecule has 2 rings (SSSR count). The number of amides is 1. The van der Waals surface area contributed by atoms with Crippen molar-refractivity contribution in [2.75, 3.05) is 6.54 Å². The highest BCUT2D eigenvalue weighted by Gasteiger charge is 2.21. The Morgan fingerprint density at radius 3 is 2.64 bits per heavy atom. The summed E-state index contributed by atoms with van der Waals surface area (Å²) >= 11 is 13.3. The molecule has 1 aromatic carbocycles. The Bertz CT molecular complexity index is 709. The summed E-state index contributed by atoms with van der Waals surface area (Å²) in [6, 6.07) is 6.98. The highest BCUT2D eigenvalue weighted by molar-refractivity contribution is 6.99. The van der Waals surface area contributed by atoms with Crippen molar-refractivity contribution in [1.82, 2.24) is 13.6 Å². The summed E-state index contributed by atoms with van der Waals surface area (Å²) in [6.07, 6.45) is -1.02. The van der Waals surface area contributed by atoms with E-state index in [0.717, 1.165) is 16.6 Å². The van der Waals surface area contributed by atoms with Gasteiger partial charge < -0.3 is 10.0 Å². The summed E-state index contributed by atoms with van der Waals surface area (Å²) in [6.45, 7) is 0.115. The van der Waals surface area contributed by atoms with Gasteiger partial charge in [-0.3, -0.25) is 0 Å². The molecule has 0 spiro atoms. The van der Waals surface area contributed by atoms with E-state index in [1.54, 1.807) is 18.2 Å². The lowest BCUT2D eigenvalue weighted by Crippen LogP contribution is -2.30. The summed E-state index contributed by atoms with van der Waals surface area (Å²) in [7, 11) is 0. The second-order valence-electron chi connectivity index (χ2n) is 4.27. The van der Waals surface area contributed by atoms with Gasteiger partial charge in [-0.05, 0) is 12.1 Å². The number of carbonyl (C=O) groups is 1. The molecule has 0 aliphatic heterocycles. The van der Waals surface area contributed by atoms with Gasteiger partial charge in [0.25, 0.3) is 0 Å². The van der Waals surface area contributed by atoms with E-state index in [2.05, 4.69) is 8.75 Å². The molecule has 9 heteroatoms. The maximum absolute atomic E-state index is 11.2. The maximum Gasteiger partial charge on any atom is 0.407 e. The monoisotopic (exact) mass is 356 g/mol. The van der Waals surface area contributed by atoms with Crippen molar-refractivity contribution < 1.29 is 9.90 Å². The van der Waals surface area contributed by atoms with Crippen LogP contribution in [0.3, 0.4) is 0 Å². The van der Waals surface area contributed by atoms with Gasteiger partial charge in [-0.2, -0.15) is 14.0 Å². The zero-order chi connectivity index (χ0) is 16.1. The Hall–Kier alpha value is -1.88. The second-order valence-corrected chi connectivity index (χ2v) is 5.61. The van der Waals surface area contributed by atoms with Crippen LogP contribution < -0.4 is 0 Å². The van der Waals surface area contributed by atoms with Crippen LogP contribution in [0.2, 0.25) is 10.0 Å². The topological polar surface area (TPSA) is 90.1 Å². The molecule has 114 valence electrons. The van der Waals surface area contributed by atoms with Crippen molar-refractivity contribution in [1.29, 1.82) is 5.26 Å². The predicted octanol–water partition coefficient (Wildman–Crippen LogP) is 3.91. The minimum Gasteiger partial charge on any atom is -0.465 e. The fourth-order valence-electron chi connectivity index (χ4n) is 1.83. The van der Waals surface area contributed by atoms with Gasteiger partial charge in [0.1, 0.15) is 11.4 Å². The SMILES string of the molecule is N#CCCN(Cc1nsnc1-c1c(Cl)cccc1Cl)C(=O)O. The molecule has 1 aromatic heterocycles. The number of nitrogens with zero attached hydrogens (tertiary/aromatic N) is 4. The fraction of sp³-hybridized carbons (Fsp3) is 0.231. The van der Waals surface area contributed by atoms with Crippen molar-refractivity contribution >= 4 is 41.0 Å². The van der Waals surface area contributed by atoms with Crippen LogP contribution in [0.25, 0.3) is 11.3 Å². The van der Waals surface area contributed by atoms with Gasteiger partial charge >= 0.3 is 6.09 Å². The number of hydrogen-bond donors (Lipinski definition) is 1. The number of aromatic nitrogens is 2. The first-order chi connectivity index (χ1) is 10.5. The van der Waals surface area contributed by atoms with Crippen LogP contribution in [0.15, 0.2) is 18.2 Å². The van der Waals surface area contributed by atoms with Gasteiger partial charge in [-0.1, -0.05) is 29.3 Å². The molecule has 0 radical (unpaired) electrons. The first-order valence-electron chi connectivity index (χ1n) is 6.15. The Morgan fingerprint density at radius 1 is 1.36 bits per heavy atom. The van der Waals surface area contributed by atoms with E-state index in [-0.39, 0.29) is 19.5 Å². The lowest BCUT2D eigenvalue weighted by Gasteiger charge is -2.17. The van der Waals surface area contributed by atoms with E-state index in [1.165, 1.54) is 0 Å². The maximum atomic E-state index is 11.2. The molecule has 0 saturated heterocycles. The smallest absolute Gasteiger partial charge is 0.407 e. The standard InChI is InChI=1S/C13H10Cl2N4O2S/c14-8-3-1-4-9(15)11(8)12-10(17-22-18-12)7-19(13(20)21)6-2-5-16/h1,3-4H,2,6-7H2,(H,20,21). The molecule has 0 fully saturated rings. The van der Waals surface area contributed by atoms with Crippen LogP contribution in [0, 0.1) is 11.3 Å².